The molecule has 1 aliphatic carbocycles. The molecule has 0 saturated carbocycles. The van der Waals surface area contributed by atoms with E-state index in [4.69, 9.17) is 0 Å². The number of rotatable bonds is 4. The largest absolute Gasteiger partial charge is 0.465 e. The van der Waals surface area contributed by atoms with E-state index >= 15 is 0 Å². The van der Waals surface area contributed by atoms with E-state index in [2.05, 4.69) is 47.0 Å². The Morgan fingerprint density at radius 3 is 2.09 bits per heavy atom. The second-order valence-corrected chi connectivity index (χ2v) is 5.99. The van der Waals surface area contributed by atoms with E-state index in [1.165, 1.54) is 22.3 Å². The van der Waals surface area contributed by atoms with E-state index in [0.29, 0.717) is 6.54 Å². The lowest BCUT2D eigenvalue weighted by molar-refractivity contribution is 0.188. The minimum Gasteiger partial charge on any atom is -0.465 e. The van der Waals surface area contributed by atoms with Crippen LogP contribution in [-0.4, -0.2) is 30.8 Å². The number of carboxylic acid groups (broad SMARTS) is 1. The molecule has 1 atom stereocenters. The van der Waals surface area contributed by atoms with Crippen LogP contribution in [-0.2, 0) is 12.8 Å². The number of benzene rings is 2. The molecular formula is C19H22N2O2. The minimum atomic E-state index is -0.982. The van der Waals surface area contributed by atoms with Crippen LogP contribution in [0.3, 0.4) is 0 Å². The van der Waals surface area contributed by atoms with Gasteiger partial charge >= 0.3 is 6.09 Å². The third-order valence-corrected chi connectivity index (χ3v) is 4.58. The summed E-state index contributed by atoms with van der Waals surface area (Å²) in [6.45, 7) is 0.583. The first-order valence-corrected chi connectivity index (χ1v) is 8.00. The van der Waals surface area contributed by atoms with Crippen LogP contribution in [0.25, 0.3) is 0 Å². The van der Waals surface area contributed by atoms with Crippen molar-refractivity contribution in [2.24, 2.45) is 0 Å². The van der Waals surface area contributed by atoms with Crippen LogP contribution in [0, 0.1) is 0 Å². The van der Waals surface area contributed by atoms with Crippen LogP contribution in [0.1, 0.15) is 28.2 Å². The van der Waals surface area contributed by atoms with Gasteiger partial charge in [-0.25, -0.2) is 4.79 Å². The van der Waals surface area contributed by atoms with Gasteiger partial charge in [0.2, 0.25) is 0 Å². The van der Waals surface area contributed by atoms with Crippen LogP contribution in [0.2, 0.25) is 0 Å². The SMILES string of the molecule is CNCC(NC(=O)O)C1c2ccccc2CCc2ccccc21. The standard InChI is InChI=1S/C19H22N2O2/c1-20-12-17(21-19(22)23)18-15-8-4-2-6-13(15)10-11-14-7-3-5-9-16(14)18/h2-9,17-18,20-21H,10-12H2,1H3,(H,22,23). The van der Waals surface area contributed by atoms with Crippen LogP contribution in [0.4, 0.5) is 4.79 Å². The maximum absolute atomic E-state index is 11.3. The van der Waals surface area contributed by atoms with E-state index in [1.807, 2.05) is 19.2 Å². The average molecular weight is 310 g/mol. The molecule has 0 bridgehead atoms. The Morgan fingerprint density at radius 1 is 1.09 bits per heavy atom. The number of nitrogens with one attached hydrogen (secondary N) is 2. The van der Waals surface area contributed by atoms with Gasteiger partial charge in [0.05, 0.1) is 6.04 Å². The van der Waals surface area contributed by atoms with Crippen LogP contribution in [0.5, 0.6) is 0 Å². The molecule has 4 heteroatoms. The van der Waals surface area contributed by atoms with Gasteiger partial charge in [0, 0.05) is 12.5 Å². The number of hydrogen-bond acceptors (Lipinski definition) is 2. The number of amides is 1. The van der Waals surface area contributed by atoms with Crippen molar-refractivity contribution in [2.75, 3.05) is 13.6 Å². The molecule has 1 amide bonds. The second kappa shape index (κ2) is 6.84. The third-order valence-electron chi connectivity index (χ3n) is 4.58. The van der Waals surface area contributed by atoms with Crippen molar-refractivity contribution >= 4 is 6.09 Å². The van der Waals surface area contributed by atoms with Crippen molar-refractivity contribution in [1.82, 2.24) is 10.6 Å². The topological polar surface area (TPSA) is 61.4 Å². The first-order chi connectivity index (χ1) is 11.2. The average Bonchev–Trinajstić information content (AvgIpc) is 2.71. The molecule has 0 aromatic heterocycles. The van der Waals surface area contributed by atoms with E-state index < -0.39 is 6.09 Å². The molecule has 3 N–H and O–H groups in total. The summed E-state index contributed by atoms with van der Waals surface area (Å²) in [5, 5.41) is 15.1. The summed E-state index contributed by atoms with van der Waals surface area (Å²) in [6, 6.07) is 16.6. The monoisotopic (exact) mass is 310 g/mol. The molecule has 0 fully saturated rings. The Kier molecular flexibility index (Phi) is 4.63. The molecule has 120 valence electrons. The summed E-state index contributed by atoms with van der Waals surface area (Å²) in [7, 11) is 1.85. The van der Waals surface area contributed by atoms with Crippen molar-refractivity contribution in [3.05, 3.63) is 70.8 Å². The van der Waals surface area contributed by atoms with Crippen molar-refractivity contribution in [3.63, 3.8) is 0 Å². The molecule has 0 saturated heterocycles. The van der Waals surface area contributed by atoms with Crippen LogP contribution in [0.15, 0.2) is 48.5 Å². The maximum atomic E-state index is 11.3. The summed E-state index contributed by atoms with van der Waals surface area (Å²) in [4.78, 5) is 11.3. The van der Waals surface area contributed by atoms with Crippen LogP contribution >= 0.6 is 0 Å². The van der Waals surface area contributed by atoms with Crippen molar-refractivity contribution in [1.29, 1.82) is 0 Å². The Bertz CT molecular complexity index is 652. The highest BCUT2D eigenvalue weighted by molar-refractivity contribution is 5.65. The lowest BCUT2D eigenvalue weighted by atomic mass is 9.82. The molecule has 2 aromatic rings. The van der Waals surface area contributed by atoms with E-state index in [1.54, 1.807) is 0 Å². The van der Waals surface area contributed by atoms with Gasteiger partial charge in [0.15, 0.2) is 0 Å². The highest BCUT2D eigenvalue weighted by Gasteiger charge is 2.30. The predicted molar refractivity (Wildman–Crippen MR) is 91.0 cm³/mol. The third kappa shape index (κ3) is 3.22. The fourth-order valence-corrected chi connectivity index (χ4v) is 3.63. The number of aryl methyl sites for hydroxylation is 2. The Morgan fingerprint density at radius 2 is 1.61 bits per heavy atom. The Labute approximate surface area is 136 Å². The highest BCUT2D eigenvalue weighted by atomic mass is 16.4. The summed E-state index contributed by atoms with van der Waals surface area (Å²) >= 11 is 0. The molecular weight excluding hydrogens is 288 g/mol. The molecule has 23 heavy (non-hydrogen) atoms. The van der Waals surface area contributed by atoms with Crippen molar-refractivity contribution < 1.29 is 9.90 Å². The fraction of sp³-hybridized carbons (Fsp3) is 0.316. The zero-order valence-electron chi connectivity index (χ0n) is 13.3. The number of fused-ring (bicyclic) bond motifs is 2. The van der Waals surface area contributed by atoms with Crippen molar-refractivity contribution in [2.45, 2.75) is 24.8 Å². The first-order valence-electron chi connectivity index (χ1n) is 8.00. The van der Waals surface area contributed by atoms with Gasteiger partial charge in [-0.2, -0.15) is 0 Å². The van der Waals surface area contributed by atoms with E-state index in [9.17, 15) is 9.90 Å². The molecule has 0 radical (unpaired) electrons. The summed E-state index contributed by atoms with van der Waals surface area (Å²) < 4.78 is 0. The molecule has 0 spiro atoms. The fourth-order valence-electron chi connectivity index (χ4n) is 3.63. The number of likely N-dealkylation sites (N-methyl/N-ethyl adjacent to an activating group) is 1. The Hall–Kier alpha value is -2.33. The highest BCUT2D eigenvalue weighted by Crippen LogP contribution is 2.36. The smallest absolute Gasteiger partial charge is 0.404 e. The Balaban J connectivity index is 2.13. The second-order valence-electron chi connectivity index (χ2n) is 5.99. The van der Waals surface area contributed by atoms with Crippen molar-refractivity contribution in [3.8, 4) is 0 Å². The molecule has 3 rings (SSSR count). The quantitative estimate of drug-likeness (QED) is 0.814. The number of hydrogen-bond donors (Lipinski definition) is 3. The van der Waals surface area contributed by atoms with Gasteiger partial charge < -0.3 is 15.7 Å². The van der Waals surface area contributed by atoms with Gasteiger partial charge in [0.1, 0.15) is 0 Å². The van der Waals surface area contributed by atoms with Gasteiger partial charge in [-0.05, 0) is 42.1 Å². The summed E-state index contributed by atoms with van der Waals surface area (Å²) in [5.41, 5.74) is 5.07. The van der Waals surface area contributed by atoms with Gasteiger partial charge in [-0.3, -0.25) is 0 Å². The van der Waals surface area contributed by atoms with Crippen LogP contribution < -0.4 is 10.6 Å². The molecule has 2 aromatic carbocycles. The number of carbonyl (C=O) groups is 1. The summed E-state index contributed by atoms with van der Waals surface area (Å²) in [6.07, 6.45) is 0.996. The lowest BCUT2D eigenvalue weighted by Crippen LogP contribution is -2.45. The van der Waals surface area contributed by atoms with Gasteiger partial charge in [0.25, 0.3) is 0 Å². The van der Waals surface area contributed by atoms with E-state index in [0.717, 1.165) is 12.8 Å². The summed E-state index contributed by atoms with van der Waals surface area (Å²) in [5.74, 6) is 0.0217. The normalized spacial score (nSPS) is 15.2. The first kappa shape index (κ1) is 15.6. The molecule has 0 heterocycles. The predicted octanol–water partition coefficient (Wildman–Crippen LogP) is 2.77. The van der Waals surface area contributed by atoms with Gasteiger partial charge in [-0.15, -0.1) is 0 Å². The molecule has 1 unspecified atom stereocenters. The molecule has 4 nitrogen and oxygen atoms in total. The zero-order chi connectivity index (χ0) is 16.2. The molecule has 1 aliphatic rings. The lowest BCUT2D eigenvalue weighted by Gasteiger charge is -2.29. The minimum absolute atomic E-state index is 0.0217. The van der Waals surface area contributed by atoms with Gasteiger partial charge in [-0.1, -0.05) is 48.5 Å². The van der Waals surface area contributed by atoms with E-state index in [-0.39, 0.29) is 12.0 Å². The maximum Gasteiger partial charge on any atom is 0.404 e. The zero-order valence-corrected chi connectivity index (χ0v) is 13.3. The molecule has 0 aliphatic heterocycles.